The molecule has 1 saturated heterocycles. The van der Waals surface area contributed by atoms with Gasteiger partial charge < -0.3 is 19.6 Å². The van der Waals surface area contributed by atoms with E-state index in [0.717, 1.165) is 17.2 Å². The van der Waals surface area contributed by atoms with Crippen molar-refractivity contribution in [3.63, 3.8) is 0 Å². The molecule has 5 rings (SSSR count). The Morgan fingerprint density at radius 1 is 1.07 bits per heavy atom. The van der Waals surface area contributed by atoms with Gasteiger partial charge in [0.15, 0.2) is 11.5 Å². The molecule has 4 aromatic rings. The zero-order chi connectivity index (χ0) is 32.1. The lowest BCUT2D eigenvalue weighted by Crippen LogP contribution is -2.55. The van der Waals surface area contributed by atoms with Gasteiger partial charge in [0.05, 0.1) is 16.6 Å². The number of para-hydroxylation sites is 1. The first-order valence-corrected chi connectivity index (χ1v) is 14.6. The zero-order valence-corrected chi connectivity index (χ0v) is 26.0. The number of benzene rings is 2. The first-order valence-electron chi connectivity index (χ1n) is 14.6. The molecule has 0 unspecified atom stereocenters. The molecular weight excluding hydrogens is 568 g/mol. The number of aryl methyl sites for hydroxylation is 1. The summed E-state index contributed by atoms with van der Waals surface area (Å²) < 4.78 is 37.8. The summed E-state index contributed by atoms with van der Waals surface area (Å²) in [6, 6.07) is 10.2. The Labute approximate surface area is 254 Å². The van der Waals surface area contributed by atoms with Crippen LogP contribution in [0.15, 0.2) is 47.3 Å². The summed E-state index contributed by atoms with van der Waals surface area (Å²) in [7, 11) is 0. The van der Waals surface area contributed by atoms with Crippen LogP contribution in [0.3, 0.4) is 0 Å². The van der Waals surface area contributed by atoms with E-state index in [9.17, 15) is 19.1 Å². The summed E-state index contributed by atoms with van der Waals surface area (Å²) >= 11 is 0. The van der Waals surface area contributed by atoms with E-state index in [1.807, 2.05) is 50.8 Å². The minimum atomic E-state index is -0.889. The van der Waals surface area contributed by atoms with Crippen molar-refractivity contribution in [2.24, 2.45) is 0 Å². The third kappa shape index (κ3) is 5.70. The second-order valence-corrected chi connectivity index (χ2v) is 12.5. The number of piperazine rings is 1. The van der Waals surface area contributed by atoms with E-state index >= 15 is 4.39 Å². The highest BCUT2D eigenvalue weighted by molar-refractivity contribution is 5.91. The number of halogens is 2. The number of phenolic OH excluding ortho intramolecular Hbond substituents is 1. The van der Waals surface area contributed by atoms with Crippen LogP contribution in [0.5, 0.6) is 5.75 Å². The van der Waals surface area contributed by atoms with E-state index < -0.39 is 46.0 Å². The minimum Gasteiger partial charge on any atom is -0.507 e. The number of pyridine rings is 1. The van der Waals surface area contributed by atoms with Crippen molar-refractivity contribution in [3.8, 4) is 22.7 Å². The molecule has 1 N–H and O–H groups in total. The highest BCUT2D eigenvalue weighted by Gasteiger charge is 2.33. The van der Waals surface area contributed by atoms with E-state index in [-0.39, 0.29) is 41.9 Å². The number of carbonyl (C=O) groups excluding carboxylic acids is 1. The maximum atomic E-state index is 15.9. The van der Waals surface area contributed by atoms with Crippen molar-refractivity contribution in [1.29, 1.82) is 0 Å². The summed E-state index contributed by atoms with van der Waals surface area (Å²) in [5.74, 6) is -2.01. The number of amides is 1. The Bertz CT molecular complexity index is 1790. The number of anilines is 1. The molecule has 1 amide bonds. The number of hydrogen-bond donors (Lipinski definition) is 1. The minimum absolute atomic E-state index is 0.0167. The van der Waals surface area contributed by atoms with Crippen molar-refractivity contribution < 1.29 is 23.4 Å². The SMILES string of the molecule is Cc1cccc(C(C)C)c1-n1c(=O)nc(N2CCN(C(=O)OC(C)(C)C)C[C@@H]2C)c2cc(F)c(-c3c(O)cccc3F)nc21. The zero-order valence-electron chi connectivity index (χ0n) is 26.0. The van der Waals surface area contributed by atoms with Crippen LogP contribution in [0.1, 0.15) is 58.6 Å². The number of nitrogens with zero attached hydrogens (tertiary/aromatic N) is 5. The second kappa shape index (κ2) is 11.5. The highest BCUT2D eigenvalue weighted by Crippen LogP contribution is 2.37. The number of carbonyl (C=O) groups is 1. The average molecular weight is 606 g/mol. The van der Waals surface area contributed by atoms with Crippen LogP contribution >= 0.6 is 0 Å². The summed E-state index contributed by atoms with van der Waals surface area (Å²) in [5.41, 5.74) is 0.113. The summed E-state index contributed by atoms with van der Waals surface area (Å²) in [5, 5.41) is 10.7. The maximum absolute atomic E-state index is 15.9. The third-order valence-electron chi connectivity index (χ3n) is 7.70. The van der Waals surface area contributed by atoms with Gasteiger partial charge in [-0.2, -0.15) is 4.98 Å². The predicted octanol–water partition coefficient (Wildman–Crippen LogP) is 6.31. The molecular formula is C33H37F2N5O4. The summed E-state index contributed by atoms with van der Waals surface area (Å²) in [4.78, 5) is 39.2. The fraction of sp³-hybridized carbons (Fsp3) is 0.394. The second-order valence-electron chi connectivity index (χ2n) is 12.5. The van der Waals surface area contributed by atoms with Crippen molar-refractivity contribution in [3.05, 3.63) is 75.7 Å². The topological polar surface area (TPSA) is 101 Å². The normalized spacial score (nSPS) is 15.7. The van der Waals surface area contributed by atoms with E-state index in [2.05, 4.69) is 9.97 Å². The van der Waals surface area contributed by atoms with Gasteiger partial charge in [-0.25, -0.2) is 27.9 Å². The van der Waals surface area contributed by atoms with Gasteiger partial charge in [-0.3, -0.25) is 0 Å². The number of aromatic nitrogens is 3. The molecule has 1 atom stereocenters. The van der Waals surface area contributed by atoms with Crippen LogP contribution in [-0.4, -0.2) is 61.9 Å². The van der Waals surface area contributed by atoms with Gasteiger partial charge in [-0.15, -0.1) is 0 Å². The highest BCUT2D eigenvalue weighted by atomic mass is 19.1. The molecule has 1 aliphatic rings. The monoisotopic (exact) mass is 605 g/mol. The lowest BCUT2D eigenvalue weighted by Gasteiger charge is -2.41. The summed E-state index contributed by atoms with van der Waals surface area (Å²) in [6.45, 7) is 14.0. The molecule has 3 heterocycles. The van der Waals surface area contributed by atoms with Crippen molar-refractivity contribution in [1.82, 2.24) is 19.4 Å². The van der Waals surface area contributed by atoms with Gasteiger partial charge in [0, 0.05) is 25.7 Å². The Morgan fingerprint density at radius 2 is 1.77 bits per heavy atom. The lowest BCUT2D eigenvalue weighted by molar-refractivity contribution is 0.0218. The van der Waals surface area contributed by atoms with Crippen LogP contribution in [0.2, 0.25) is 0 Å². The molecule has 0 saturated carbocycles. The number of ether oxygens (including phenoxy) is 1. The van der Waals surface area contributed by atoms with Crippen LogP contribution in [0, 0.1) is 18.6 Å². The largest absolute Gasteiger partial charge is 0.507 e. The molecule has 232 valence electrons. The van der Waals surface area contributed by atoms with Crippen LogP contribution in [-0.2, 0) is 4.74 Å². The van der Waals surface area contributed by atoms with E-state index in [0.29, 0.717) is 12.2 Å². The van der Waals surface area contributed by atoms with Crippen molar-refractivity contribution in [2.75, 3.05) is 24.5 Å². The lowest BCUT2D eigenvalue weighted by atomic mass is 9.98. The predicted molar refractivity (Wildman–Crippen MR) is 166 cm³/mol. The number of fused-ring (bicyclic) bond motifs is 1. The number of aromatic hydroxyl groups is 1. The molecule has 11 heteroatoms. The van der Waals surface area contributed by atoms with Crippen LogP contribution < -0.4 is 10.6 Å². The molecule has 2 aromatic heterocycles. The smallest absolute Gasteiger partial charge is 0.410 e. The fourth-order valence-electron chi connectivity index (χ4n) is 5.67. The molecule has 0 aliphatic carbocycles. The Kier molecular flexibility index (Phi) is 8.09. The number of hydrogen-bond acceptors (Lipinski definition) is 7. The van der Waals surface area contributed by atoms with E-state index in [1.165, 1.54) is 22.8 Å². The van der Waals surface area contributed by atoms with Gasteiger partial charge in [0.2, 0.25) is 0 Å². The molecule has 2 aromatic carbocycles. The van der Waals surface area contributed by atoms with Crippen molar-refractivity contribution in [2.45, 2.75) is 66.0 Å². The first-order chi connectivity index (χ1) is 20.7. The van der Waals surface area contributed by atoms with Crippen LogP contribution in [0.4, 0.5) is 19.4 Å². The maximum Gasteiger partial charge on any atom is 0.410 e. The Balaban J connectivity index is 1.74. The Hall–Kier alpha value is -4.54. The molecule has 1 aliphatic heterocycles. The molecule has 9 nitrogen and oxygen atoms in total. The molecule has 1 fully saturated rings. The van der Waals surface area contributed by atoms with Crippen LogP contribution in [0.25, 0.3) is 28.0 Å². The average Bonchev–Trinajstić information content (AvgIpc) is 2.92. The molecule has 44 heavy (non-hydrogen) atoms. The third-order valence-corrected chi connectivity index (χ3v) is 7.70. The van der Waals surface area contributed by atoms with Gasteiger partial charge in [-0.05, 0) is 69.9 Å². The van der Waals surface area contributed by atoms with Gasteiger partial charge in [-0.1, -0.05) is 38.1 Å². The quantitative estimate of drug-likeness (QED) is 0.291. The standard InChI is InChI=1S/C33H37F2N5O4/c1-18(2)21-11-8-10-19(3)28(21)40-30-22(16-24(35)27(36-30)26-23(34)12-9-13-25(26)41)29(37-31(40)42)39-15-14-38(17-20(39)4)32(43)44-33(5,6)7/h8-13,16,18,20,41H,14-15,17H2,1-7H3/t20-/m0/s1. The van der Waals surface area contributed by atoms with Crippen molar-refractivity contribution >= 4 is 22.9 Å². The Morgan fingerprint density at radius 3 is 2.41 bits per heavy atom. The van der Waals surface area contributed by atoms with Gasteiger partial charge >= 0.3 is 11.8 Å². The number of phenols is 1. The van der Waals surface area contributed by atoms with E-state index in [4.69, 9.17) is 4.74 Å². The summed E-state index contributed by atoms with van der Waals surface area (Å²) in [6.07, 6.45) is -0.444. The van der Waals surface area contributed by atoms with E-state index in [1.54, 1.807) is 25.7 Å². The van der Waals surface area contributed by atoms with Gasteiger partial charge in [0.25, 0.3) is 0 Å². The molecule has 0 spiro atoms. The first kappa shape index (κ1) is 30.9. The fourth-order valence-corrected chi connectivity index (χ4v) is 5.67. The molecule has 0 bridgehead atoms. The molecule has 0 radical (unpaired) electrons. The number of rotatable bonds is 4. The van der Waals surface area contributed by atoms with Gasteiger partial charge in [0.1, 0.15) is 28.7 Å².